The maximum Gasteiger partial charge on any atom is 0.339 e. The standard InChI is InChI=1S/C19H21NO4/c1-19(2,3)14-9-11-20-17(13-14)23-15-7-5-6-8-16(15)24-18(21)10-12-22-4/h5-13H,1-4H3. The molecule has 126 valence electrons. The summed E-state index contributed by atoms with van der Waals surface area (Å²) in [5.74, 6) is 0.615. The van der Waals surface area contributed by atoms with Gasteiger partial charge in [-0.2, -0.15) is 0 Å². The van der Waals surface area contributed by atoms with Crippen molar-refractivity contribution in [3.8, 4) is 17.4 Å². The molecule has 0 aliphatic carbocycles. The second kappa shape index (κ2) is 7.64. The minimum Gasteiger partial charge on any atom is -0.504 e. The fourth-order valence-corrected chi connectivity index (χ4v) is 1.93. The Labute approximate surface area is 141 Å². The summed E-state index contributed by atoms with van der Waals surface area (Å²) >= 11 is 0. The van der Waals surface area contributed by atoms with Gasteiger partial charge in [0.1, 0.15) is 0 Å². The Balaban J connectivity index is 2.22. The van der Waals surface area contributed by atoms with Crippen LogP contribution in [0.2, 0.25) is 0 Å². The number of ether oxygens (including phenoxy) is 3. The average Bonchev–Trinajstić information content (AvgIpc) is 2.54. The molecule has 0 fully saturated rings. The summed E-state index contributed by atoms with van der Waals surface area (Å²) in [4.78, 5) is 15.9. The predicted octanol–water partition coefficient (Wildman–Crippen LogP) is 4.24. The molecule has 0 bridgehead atoms. The van der Waals surface area contributed by atoms with E-state index in [2.05, 4.69) is 25.8 Å². The van der Waals surface area contributed by atoms with Gasteiger partial charge in [-0.1, -0.05) is 32.9 Å². The number of nitrogens with zero attached hydrogens (tertiary/aromatic N) is 1. The van der Waals surface area contributed by atoms with Crippen molar-refractivity contribution >= 4 is 5.97 Å². The van der Waals surface area contributed by atoms with Crippen LogP contribution in [0.4, 0.5) is 0 Å². The van der Waals surface area contributed by atoms with Crippen molar-refractivity contribution in [2.24, 2.45) is 0 Å². The maximum absolute atomic E-state index is 11.7. The minimum absolute atomic E-state index is 0.0159. The van der Waals surface area contributed by atoms with Crippen LogP contribution in [0, 0.1) is 0 Å². The van der Waals surface area contributed by atoms with E-state index in [1.54, 1.807) is 30.5 Å². The van der Waals surface area contributed by atoms with Gasteiger partial charge < -0.3 is 14.2 Å². The fourth-order valence-electron chi connectivity index (χ4n) is 1.93. The lowest BCUT2D eigenvalue weighted by Gasteiger charge is -2.19. The molecule has 0 N–H and O–H groups in total. The molecule has 0 radical (unpaired) electrons. The lowest BCUT2D eigenvalue weighted by Crippen LogP contribution is -2.11. The van der Waals surface area contributed by atoms with Crippen LogP contribution >= 0.6 is 0 Å². The number of aromatic nitrogens is 1. The molecular formula is C19H21NO4. The van der Waals surface area contributed by atoms with Crippen molar-refractivity contribution in [3.05, 3.63) is 60.5 Å². The van der Waals surface area contributed by atoms with Crippen molar-refractivity contribution in [2.75, 3.05) is 7.11 Å². The predicted molar refractivity (Wildman–Crippen MR) is 91.2 cm³/mol. The molecule has 2 rings (SSSR count). The zero-order valence-electron chi connectivity index (χ0n) is 14.3. The van der Waals surface area contributed by atoms with Crippen molar-refractivity contribution in [1.82, 2.24) is 4.98 Å². The summed E-state index contributed by atoms with van der Waals surface area (Å²) in [7, 11) is 1.45. The van der Waals surface area contributed by atoms with Crippen LogP contribution in [-0.4, -0.2) is 18.1 Å². The molecule has 1 aromatic carbocycles. The molecule has 0 unspecified atom stereocenters. The number of methoxy groups -OCH3 is 1. The third-order valence-electron chi connectivity index (χ3n) is 3.22. The quantitative estimate of drug-likeness (QED) is 0.356. The first-order valence-electron chi connectivity index (χ1n) is 7.55. The number of benzene rings is 1. The number of hydrogen-bond donors (Lipinski definition) is 0. The lowest BCUT2D eigenvalue weighted by atomic mass is 9.88. The summed E-state index contributed by atoms with van der Waals surface area (Å²) in [6.45, 7) is 6.35. The van der Waals surface area contributed by atoms with Gasteiger partial charge in [0, 0.05) is 12.3 Å². The van der Waals surface area contributed by atoms with Crippen molar-refractivity contribution in [2.45, 2.75) is 26.2 Å². The van der Waals surface area contributed by atoms with Crippen molar-refractivity contribution in [3.63, 3.8) is 0 Å². The SMILES string of the molecule is COC=CC(=O)Oc1ccccc1Oc1cc(C(C)(C)C)ccn1. The number of rotatable bonds is 5. The first kappa shape index (κ1) is 17.5. The van der Waals surface area contributed by atoms with Gasteiger partial charge in [0.15, 0.2) is 11.5 Å². The molecule has 5 nitrogen and oxygen atoms in total. The van der Waals surface area contributed by atoms with Gasteiger partial charge >= 0.3 is 5.97 Å². The molecule has 0 spiro atoms. The highest BCUT2D eigenvalue weighted by Gasteiger charge is 2.16. The first-order valence-corrected chi connectivity index (χ1v) is 7.55. The Hall–Kier alpha value is -2.82. The highest BCUT2D eigenvalue weighted by molar-refractivity contribution is 5.84. The van der Waals surface area contributed by atoms with E-state index in [9.17, 15) is 4.79 Å². The molecule has 1 heterocycles. The maximum atomic E-state index is 11.7. The van der Waals surface area contributed by atoms with Crippen LogP contribution in [0.5, 0.6) is 17.4 Å². The Bertz CT molecular complexity index is 732. The van der Waals surface area contributed by atoms with E-state index in [4.69, 9.17) is 14.2 Å². The van der Waals surface area contributed by atoms with Gasteiger partial charge in [0.25, 0.3) is 0 Å². The molecule has 0 saturated carbocycles. The second-order valence-electron chi connectivity index (χ2n) is 6.14. The van der Waals surface area contributed by atoms with E-state index in [0.29, 0.717) is 17.4 Å². The summed E-state index contributed by atoms with van der Waals surface area (Å²) < 4.78 is 15.8. The Morgan fingerprint density at radius 1 is 1.12 bits per heavy atom. The molecule has 0 amide bonds. The number of esters is 1. The number of hydrogen-bond acceptors (Lipinski definition) is 5. The molecular weight excluding hydrogens is 306 g/mol. The Morgan fingerprint density at radius 3 is 2.50 bits per heavy atom. The van der Waals surface area contributed by atoms with E-state index in [1.165, 1.54) is 19.4 Å². The van der Waals surface area contributed by atoms with Crippen LogP contribution in [0.15, 0.2) is 54.9 Å². The lowest BCUT2D eigenvalue weighted by molar-refractivity contribution is -0.129. The van der Waals surface area contributed by atoms with E-state index >= 15 is 0 Å². The number of carbonyl (C=O) groups is 1. The van der Waals surface area contributed by atoms with Crippen LogP contribution in [-0.2, 0) is 14.9 Å². The molecule has 24 heavy (non-hydrogen) atoms. The average molecular weight is 327 g/mol. The van der Waals surface area contributed by atoms with Gasteiger partial charge in [-0.25, -0.2) is 9.78 Å². The second-order valence-corrected chi connectivity index (χ2v) is 6.14. The highest BCUT2D eigenvalue weighted by Crippen LogP contribution is 2.32. The van der Waals surface area contributed by atoms with E-state index in [1.807, 2.05) is 12.1 Å². The topological polar surface area (TPSA) is 57.7 Å². The summed E-state index contributed by atoms with van der Waals surface area (Å²) in [5.41, 5.74) is 1.09. The number of pyridine rings is 1. The zero-order valence-corrected chi connectivity index (χ0v) is 14.3. The van der Waals surface area contributed by atoms with Crippen LogP contribution < -0.4 is 9.47 Å². The normalized spacial score (nSPS) is 11.3. The smallest absolute Gasteiger partial charge is 0.339 e. The fraction of sp³-hybridized carbons (Fsp3) is 0.263. The Kier molecular flexibility index (Phi) is 5.58. The molecule has 0 atom stereocenters. The van der Waals surface area contributed by atoms with E-state index in [0.717, 1.165) is 5.56 Å². The molecule has 1 aromatic heterocycles. The van der Waals surface area contributed by atoms with Gasteiger partial charge in [0.05, 0.1) is 19.4 Å². The third-order valence-corrected chi connectivity index (χ3v) is 3.22. The van der Waals surface area contributed by atoms with Crippen molar-refractivity contribution in [1.29, 1.82) is 0 Å². The summed E-state index contributed by atoms with van der Waals surface area (Å²) in [5, 5.41) is 0. The Morgan fingerprint density at radius 2 is 1.83 bits per heavy atom. The largest absolute Gasteiger partial charge is 0.504 e. The van der Waals surface area contributed by atoms with Crippen LogP contribution in [0.1, 0.15) is 26.3 Å². The van der Waals surface area contributed by atoms with E-state index in [-0.39, 0.29) is 5.41 Å². The highest BCUT2D eigenvalue weighted by atomic mass is 16.6. The number of carbonyl (C=O) groups excluding carboxylic acids is 1. The summed E-state index contributed by atoms with van der Waals surface area (Å²) in [6.07, 6.45) is 4.14. The number of para-hydroxylation sites is 2. The van der Waals surface area contributed by atoms with Crippen LogP contribution in [0.3, 0.4) is 0 Å². The summed E-state index contributed by atoms with van der Waals surface area (Å²) in [6, 6.07) is 10.8. The third kappa shape index (κ3) is 4.84. The molecule has 5 heteroatoms. The van der Waals surface area contributed by atoms with Gasteiger partial charge in [0.2, 0.25) is 5.88 Å². The first-order chi connectivity index (χ1) is 11.4. The van der Waals surface area contributed by atoms with Crippen LogP contribution in [0.25, 0.3) is 0 Å². The molecule has 2 aromatic rings. The van der Waals surface area contributed by atoms with Gasteiger partial charge in [-0.3, -0.25) is 0 Å². The van der Waals surface area contributed by atoms with Gasteiger partial charge in [-0.05, 0) is 29.2 Å². The monoisotopic (exact) mass is 327 g/mol. The molecule has 0 saturated heterocycles. The minimum atomic E-state index is -0.552. The molecule has 0 aliphatic heterocycles. The van der Waals surface area contributed by atoms with E-state index < -0.39 is 5.97 Å². The molecule has 0 aliphatic rings. The van der Waals surface area contributed by atoms with Gasteiger partial charge in [-0.15, -0.1) is 0 Å². The zero-order chi connectivity index (χ0) is 17.6. The van der Waals surface area contributed by atoms with Crippen molar-refractivity contribution < 1.29 is 19.0 Å².